The maximum atomic E-state index is 12.6. The monoisotopic (exact) mass is 636 g/mol. The van der Waals surface area contributed by atoms with Gasteiger partial charge >= 0.3 is 23.6 Å². The van der Waals surface area contributed by atoms with Crippen molar-refractivity contribution in [3.8, 4) is 0 Å². The number of hydrogen-bond donors (Lipinski definition) is 4. The Labute approximate surface area is 276 Å². The van der Waals surface area contributed by atoms with Crippen molar-refractivity contribution in [1.82, 2.24) is 25.8 Å². The van der Waals surface area contributed by atoms with Crippen LogP contribution in [0.4, 0.5) is 0 Å². The number of hydrogen-bond acceptors (Lipinski definition) is 6. The predicted octanol–water partition coefficient (Wildman–Crippen LogP) is 2.62. The molecule has 246 valence electrons. The quantitative estimate of drug-likeness (QED) is 0.295. The molecule has 0 spiro atoms. The van der Waals surface area contributed by atoms with E-state index in [-0.39, 0.29) is 36.3 Å². The van der Waals surface area contributed by atoms with E-state index in [1.807, 2.05) is 78.9 Å². The zero-order chi connectivity index (χ0) is 32.8. The number of nitrogens with zero attached hydrogens (tertiary/aromatic N) is 2. The van der Waals surface area contributed by atoms with Crippen LogP contribution >= 0.6 is 0 Å². The van der Waals surface area contributed by atoms with E-state index in [1.54, 1.807) is 9.80 Å². The lowest BCUT2D eigenvalue weighted by Crippen LogP contribution is -2.69. The highest BCUT2D eigenvalue weighted by atomic mass is 16.2. The highest BCUT2D eigenvalue weighted by Gasteiger charge is 2.46. The van der Waals surface area contributed by atoms with Gasteiger partial charge in [0.15, 0.2) is 0 Å². The smallest absolute Gasteiger partial charge is 0.312 e. The minimum atomic E-state index is -0.528. The third-order valence-corrected chi connectivity index (χ3v) is 9.89. The van der Waals surface area contributed by atoms with Crippen LogP contribution in [0.1, 0.15) is 55.2 Å². The zero-order valence-electron chi connectivity index (χ0n) is 26.6. The molecular weight excluding hydrogens is 592 g/mol. The molecule has 0 aromatic heterocycles. The summed E-state index contributed by atoms with van der Waals surface area (Å²) < 4.78 is 0. The van der Waals surface area contributed by atoms with Gasteiger partial charge in [-0.05, 0) is 55.2 Å². The van der Waals surface area contributed by atoms with E-state index in [0.29, 0.717) is 13.1 Å². The van der Waals surface area contributed by atoms with Gasteiger partial charge in [0.1, 0.15) is 0 Å². The van der Waals surface area contributed by atoms with Crippen LogP contribution in [-0.4, -0.2) is 69.7 Å². The molecule has 2 saturated heterocycles. The second-order valence-electron chi connectivity index (χ2n) is 13.0. The van der Waals surface area contributed by atoms with Gasteiger partial charge in [-0.3, -0.25) is 19.2 Å². The molecule has 47 heavy (non-hydrogen) atoms. The molecule has 2 aliphatic carbocycles. The first-order chi connectivity index (χ1) is 22.9. The number of piperazine rings is 2. The maximum Gasteiger partial charge on any atom is 0.312 e. The Bertz CT molecular complexity index is 1540. The van der Waals surface area contributed by atoms with Gasteiger partial charge in [-0.2, -0.15) is 0 Å². The molecule has 0 radical (unpaired) electrons. The standard InChI is InChI=1S/C22H25N3O2.C15H19N3O2/c26-21-22(27)25(15-17-10-5-2-6-11-17)19-13-7-12-18(20(19)24-21)23-14-16-8-3-1-4-9-16;16-11-7-4-8-12-13(11)17-14(19)15(20)18(12)9-10-5-2-1-3-6-10/h1-6,8-11,18-20,23H,7,12-15H2,(H,24,26);1-3,5-6,11-13H,4,7-9,16H2,(H,17,19). The summed E-state index contributed by atoms with van der Waals surface area (Å²) in [6.45, 7) is 1.72. The van der Waals surface area contributed by atoms with E-state index < -0.39 is 23.6 Å². The topological polar surface area (TPSA) is 137 Å². The molecule has 10 heteroatoms. The lowest BCUT2D eigenvalue weighted by atomic mass is 9.83. The number of nitrogens with two attached hydrogens (primary N) is 1. The SMILES string of the molecule is NC1CCCC2C1NC(=O)C(=O)N2Cc1ccccc1.O=C1NC2C(NCc3ccccc3)CCCC2N(Cc2ccccc2)C1=O. The first kappa shape index (κ1) is 32.4. The summed E-state index contributed by atoms with van der Waals surface area (Å²) in [5.41, 5.74) is 9.41. The van der Waals surface area contributed by atoms with E-state index >= 15 is 0 Å². The summed E-state index contributed by atoms with van der Waals surface area (Å²) in [4.78, 5) is 52.4. The normalized spacial score (nSPS) is 27.1. The van der Waals surface area contributed by atoms with E-state index in [1.165, 1.54) is 5.56 Å². The second kappa shape index (κ2) is 14.9. The van der Waals surface area contributed by atoms with Gasteiger partial charge < -0.3 is 31.5 Å². The van der Waals surface area contributed by atoms with E-state index in [0.717, 1.165) is 56.2 Å². The molecule has 4 fully saturated rings. The summed E-state index contributed by atoms with van der Waals surface area (Å²) in [7, 11) is 0. The lowest BCUT2D eigenvalue weighted by Gasteiger charge is -2.47. The Hall–Kier alpha value is -4.54. The molecule has 6 unspecified atom stereocenters. The molecule has 10 nitrogen and oxygen atoms in total. The van der Waals surface area contributed by atoms with Gasteiger partial charge in [0.05, 0.1) is 24.2 Å². The highest BCUT2D eigenvalue weighted by Crippen LogP contribution is 2.29. The van der Waals surface area contributed by atoms with E-state index in [2.05, 4.69) is 28.1 Å². The molecule has 6 atom stereocenters. The Morgan fingerprint density at radius 2 is 1.04 bits per heavy atom. The fraction of sp³-hybridized carbons (Fsp3) is 0.405. The number of carbonyl (C=O) groups is 4. The highest BCUT2D eigenvalue weighted by molar-refractivity contribution is 6.36. The number of benzene rings is 3. The van der Waals surface area contributed by atoms with Crippen LogP contribution in [0.25, 0.3) is 0 Å². The molecule has 2 aliphatic heterocycles. The Morgan fingerprint density at radius 1 is 0.596 bits per heavy atom. The lowest BCUT2D eigenvalue weighted by molar-refractivity contribution is -0.154. The molecule has 2 saturated carbocycles. The van der Waals surface area contributed by atoms with Crippen LogP contribution in [-0.2, 0) is 38.8 Å². The Kier molecular flexibility index (Phi) is 10.3. The van der Waals surface area contributed by atoms with Crippen molar-refractivity contribution in [2.75, 3.05) is 0 Å². The molecule has 3 aromatic carbocycles. The third-order valence-electron chi connectivity index (χ3n) is 9.89. The van der Waals surface area contributed by atoms with Gasteiger partial charge in [0.2, 0.25) is 0 Å². The summed E-state index contributed by atoms with van der Waals surface area (Å²) in [5, 5.41) is 9.36. The van der Waals surface area contributed by atoms with Gasteiger partial charge in [-0.25, -0.2) is 0 Å². The maximum absolute atomic E-state index is 12.6. The first-order valence-corrected chi connectivity index (χ1v) is 16.7. The van der Waals surface area contributed by atoms with Crippen molar-refractivity contribution >= 4 is 23.6 Å². The number of carbonyl (C=O) groups excluding carboxylic acids is 4. The van der Waals surface area contributed by atoms with Crippen molar-refractivity contribution in [3.63, 3.8) is 0 Å². The molecule has 7 rings (SSSR count). The summed E-state index contributed by atoms with van der Waals surface area (Å²) >= 11 is 0. The van der Waals surface area contributed by atoms with Crippen molar-refractivity contribution in [3.05, 3.63) is 108 Å². The molecular formula is C37H44N6O4. The number of fused-ring (bicyclic) bond motifs is 2. The van der Waals surface area contributed by atoms with E-state index in [4.69, 9.17) is 5.73 Å². The number of amides is 4. The average molecular weight is 637 g/mol. The molecule has 3 aromatic rings. The van der Waals surface area contributed by atoms with Crippen molar-refractivity contribution in [1.29, 1.82) is 0 Å². The molecule has 4 amide bonds. The molecule has 2 heterocycles. The molecule has 0 bridgehead atoms. The summed E-state index contributed by atoms with van der Waals surface area (Å²) in [6.07, 6.45) is 5.76. The fourth-order valence-corrected chi connectivity index (χ4v) is 7.48. The van der Waals surface area contributed by atoms with Crippen LogP contribution in [0.2, 0.25) is 0 Å². The fourth-order valence-electron chi connectivity index (χ4n) is 7.48. The molecule has 5 N–H and O–H groups in total. The number of rotatable bonds is 7. The van der Waals surface area contributed by atoms with Crippen LogP contribution in [0.5, 0.6) is 0 Å². The Morgan fingerprint density at radius 3 is 1.57 bits per heavy atom. The first-order valence-electron chi connectivity index (χ1n) is 16.7. The molecule has 4 aliphatic rings. The summed E-state index contributed by atoms with van der Waals surface area (Å²) in [6, 6.07) is 29.9. The van der Waals surface area contributed by atoms with E-state index in [9.17, 15) is 19.2 Å². The minimum Gasteiger partial charge on any atom is -0.341 e. The van der Waals surface area contributed by atoms with Crippen molar-refractivity contribution in [2.24, 2.45) is 5.73 Å². The average Bonchev–Trinajstić information content (AvgIpc) is 3.10. The third kappa shape index (κ3) is 7.55. The van der Waals surface area contributed by atoms with Gasteiger partial charge in [0.25, 0.3) is 0 Å². The van der Waals surface area contributed by atoms with Crippen LogP contribution in [0, 0.1) is 0 Å². The van der Waals surface area contributed by atoms with Crippen molar-refractivity contribution < 1.29 is 19.2 Å². The largest absolute Gasteiger partial charge is 0.341 e. The predicted molar refractivity (Wildman–Crippen MR) is 178 cm³/mol. The van der Waals surface area contributed by atoms with Crippen LogP contribution in [0.15, 0.2) is 91.0 Å². The minimum absolute atomic E-state index is 0.0177. The van der Waals surface area contributed by atoms with Crippen LogP contribution in [0.3, 0.4) is 0 Å². The van der Waals surface area contributed by atoms with Crippen molar-refractivity contribution in [2.45, 2.75) is 94.4 Å². The Balaban J connectivity index is 0.000000172. The summed E-state index contributed by atoms with van der Waals surface area (Å²) in [5.74, 6) is -1.87. The van der Waals surface area contributed by atoms with Gasteiger partial charge in [-0.15, -0.1) is 0 Å². The zero-order valence-corrected chi connectivity index (χ0v) is 26.6. The van der Waals surface area contributed by atoms with Gasteiger partial charge in [0, 0.05) is 31.7 Å². The van der Waals surface area contributed by atoms with Crippen LogP contribution < -0.4 is 21.7 Å². The van der Waals surface area contributed by atoms with Gasteiger partial charge in [-0.1, -0.05) is 91.0 Å². The second-order valence-corrected chi connectivity index (χ2v) is 13.0. The number of nitrogens with one attached hydrogen (secondary N) is 3.